The molecule has 0 saturated heterocycles. The summed E-state index contributed by atoms with van der Waals surface area (Å²) in [6, 6.07) is 24.8. The maximum atomic E-state index is 13.5. The van der Waals surface area contributed by atoms with Gasteiger partial charge in [0.2, 0.25) is 5.91 Å². The predicted octanol–water partition coefficient (Wildman–Crippen LogP) is 4.85. The number of benzene rings is 3. The van der Waals surface area contributed by atoms with Gasteiger partial charge in [-0.2, -0.15) is 0 Å². The molecular formula is C29H34N2O3. The minimum Gasteiger partial charge on any atom is -0.484 e. The lowest BCUT2D eigenvalue weighted by atomic mass is 10.0. The van der Waals surface area contributed by atoms with Gasteiger partial charge in [0, 0.05) is 19.5 Å². The number of hydrogen-bond donors (Lipinski definition) is 1. The molecule has 0 saturated carbocycles. The van der Waals surface area contributed by atoms with E-state index in [0.717, 1.165) is 28.7 Å². The fraction of sp³-hybridized carbons (Fsp3) is 0.310. The van der Waals surface area contributed by atoms with Crippen LogP contribution in [0.25, 0.3) is 0 Å². The monoisotopic (exact) mass is 458 g/mol. The topological polar surface area (TPSA) is 58.6 Å². The van der Waals surface area contributed by atoms with Gasteiger partial charge in [0.15, 0.2) is 6.61 Å². The van der Waals surface area contributed by atoms with Crippen LogP contribution in [0.3, 0.4) is 0 Å². The van der Waals surface area contributed by atoms with Crippen molar-refractivity contribution in [3.05, 3.63) is 101 Å². The molecule has 0 bridgehead atoms. The van der Waals surface area contributed by atoms with Crippen molar-refractivity contribution in [1.29, 1.82) is 0 Å². The van der Waals surface area contributed by atoms with Crippen LogP contribution >= 0.6 is 0 Å². The third-order valence-corrected chi connectivity index (χ3v) is 5.57. The van der Waals surface area contributed by atoms with E-state index in [1.807, 2.05) is 93.6 Å². The SMILES string of the molecule is CCCNC(=O)[C@@H](Cc1ccccc1)N(Cc1ccccc1)C(=O)COc1cc(C)cc(C)c1. The van der Waals surface area contributed by atoms with Crippen LogP contribution in [-0.4, -0.2) is 35.9 Å². The van der Waals surface area contributed by atoms with Gasteiger partial charge in [-0.1, -0.05) is 73.7 Å². The first-order valence-electron chi connectivity index (χ1n) is 11.8. The van der Waals surface area contributed by atoms with Gasteiger partial charge in [-0.15, -0.1) is 0 Å². The first kappa shape index (κ1) is 25.0. The Morgan fingerprint density at radius 1 is 0.882 bits per heavy atom. The Balaban J connectivity index is 1.87. The summed E-state index contributed by atoms with van der Waals surface area (Å²) >= 11 is 0. The van der Waals surface area contributed by atoms with Crippen molar-refractivity contribution < 1.29 is 14.3 Å². The van der Waals surface area contributed by atoms with Gasteiger partial charge in [0.05, 0.1) is 0 Å². The normalized spacial score (nSPS) is 11.5. The van der Waals surface area contributed by atoms with Crippen molar-refractivity contribution in [2.45, 2.75) is 46.2 Å². The van der Waals surface area contributed by atoms with E-state index < -0.39 is 6.04 Å². The minimum absolute atomic E-state index is 0.137. The Kier molecular flexibility index (Phi) is 9.27. The molecular weight excluding hydrogens is 424 g/mol. The molecule has 5 nitrogen and oxygen atoms in total. The lowest BCUT2D eigenvalue weighted by molar-refractivity contribution is -0.142. The van der Waals surface area contributed by atoms with Gasteiger partial charge >= 0.3 is 0 Å². The molecule has 0 aliphatic rings. The number of carbonyl (C=O) groups excluding carboxylic acids is 2. The van der Waals surface area contributed by atoms with Crippen LogP contribution in [0.2, 0.25) is 0 Å². The molecule has 1 atom stereocenters. The molecule has 0 radical (unpaired) electrons. The van der Waals surface area contributed by atoms with Crippen LogP contribution < -0.4 is 10.1 Å². The number of aryl methyl sites for hydroxylation is 2. The second-order valence-corrected chi connectivity index (χ2v) is 8.62. The fourth-order valence-corrected chi connectivity index (χ4v) is 3.94. The zero-order valence-corrected chi connectivity index (χ0v) is 20.3. The third kappa shape index (κ3) is 7.48. The fourth-order valence-electron chi connectivity index (χ4n) is 3.94. The van der Waals surface area contributed by atoms with Gasteiger partial charge in [0.1, 0.15) is 11.8 Å². The van der Waals surface area contributed by atoms with Gasteiger partial charge in [-0.05, 0) is 54.7 Å². The minimum atomic E-state index is -0.649. The molecule has 1 N–H and O–H groups in total. The largest absolute Gasteiger partial charge is 0.484 e. The first-order chi connectivity index (χ1) is 16.5. The summed E-state index contributed by atoms with van der Waals surface area (Å²) in [5.74, 6) is 0.275. The third-order valence-electron chi connectivity index (χ3n) is 5.57. The number of hydrogen-bond acceptors (Lipinski definition) is 3. The quantitative estimate of drug-likeness (QED) is 0.447. The van der Waals surface area contributed by atoms with Crippen LogP contribution in [0.4, 0.5) is 0 Å². The molecule has 0 fully saturated rings. The molecule has 3 rings (SSSR count). The maximum Gasteiger partial charge on any atom is 0.261 e. The molecule has 0 aliphatic carbocycles. The lowest BCUT2D eigenvalue weighted by Gasteiger charge is -2.31. The van der Waals surface area contributed by atoms with Crippen LogP contribution in [0, 0.1) is 13.8 Å². The van der Waals surface area contributed by atoms with E-state index in [9.17, 15) is 9.59 Å². The lowest BCUT2D eigenvalue weighted by Crippen LogP contribution is -2.51. The van der Waals surface area contributed by atoms with Gasteiger partial charge in [-0.25, -0.2) is 0 Å². The number of nitrogens with zero attached hydrogens (tertiary/aromatic N) is 1. The van der Waals surface area contributed by atoms with Crippen molar-refractivity contribution in [3.63, 3.8) is 0 Å². The number of amides is 2. The highest BCUT2D eigenvalue weighted by atomic mass is 16.5. The molecule has 3 aromatic rings. The van der Waals surface area contributed by atoms with Crippen molar-refractivity contribution in [1.82, 2.24) is 10.2 Å². The molecule has 0 unspecified atom stereocenters. The van der Waals surface area contributed by atoms with Crippen LogP contribution in [0.15, 0.2) is 78.9 Å². The number of nitrogens with one attached hydrogen (secondary N) is 1. The Bertz CT molecular complexity index is 1050. The van der Waals surface area contributed by atoms with Crippen molar-refractivity contribution in [2.75, 3.05) is 13.2 Å². The summed E-state index contributed by atoms with van der Waals surface area (Å²) in [7, 11) is 0. The predicted molar refractivity (Wildman–Crippen MR) is 136 cm³/mol. The smallest absolute Gasteiger partial charge is 0.261 e. The molecule has 3 aromatic carbocycles. The average Bonchev–Trinajstić information content (AvgIpc) is 2.84. The van der Waals surface area contributed by atoms with Crippen molar-refractivity contribution in [2.24, 2.45) is 0 Å². The highest BCUT2D eigenvalue weighted by Gasteiger charge is 2.30. The first-order valence-corrected chi connectivity index (χ1v) is 11.8. The number of carbonyl (C=O) groups is 2. The zero-order valence-electron chi connectivity index (χ0n) is 20.3. The Morgan fingerprint density at radius 3 is 2.06 bits per heavy atom. The van der Waals surface area contributed by atoms with E-state index in [1.54, 1.807) is 4.90 Å². The van der Waals surface area contributed by atoms with Crippen molar-refractivity contribution in [3.8, 4) is 5.75 Å². The molecule has 0 heterocycles. The van der Waals surface area contributed by atoms with E-state index in [-0.39, 0.29) is 18.4 Å². The van der Waals surface area contributed by atoms with E-state index >= 15 is 0 Å². The summed E-state index contributed by atoms with van der Waals surface area (Å²) in [6.45, 7) is 6.76. The highest BCUT2D eigenvalue weighted by Crippen LogP contribution is 2.18. The summed E-state index contributed by atoms with van der Waals surface area (Å²) in [5, 5.41) is 2.99. The van der Waals surface area contributed by atoms with E-state index in [2.05, 4.69) is 11.4 Å². The average molecular weight is 459 g/mol. The van der Waals surface area contributed by atoms with Crippen LogP contribution in [0.5, 0.6) is 5.75 Å². The molecule has 178 valence electrons. The Hall–Kier alpha value is -3.60. The van der Waals surface area contributed by atoms with Gasteiger partial charge in [0.25, 0.3) is 5.91 Å². The second kappa shape index (κ2) is 12.6. The molecule has 34 heavy (non-hydrogen) atoms. The van der Waals surface area contributed by atoms with Crippen molar-refractivity contribution >= 4 is 11.8 Å². The Morgan fingerprint density at radius 2 is 1.47 bits per heavy atom. The van der Waals surface area contributed by atoms with Crippen LogP contribution in [-0.2, 0) is 22.6 Å². The maximum absolute atomic E-state index is 13.5. The molecule has 5 heteroatoms. The second-order valence-electron chi connectivity index (χ2n) is 8.62. The molecule has 0 aliphatic heterocycles. The van der Waals surface area contributed by atoms with E-state index in [0.29, 0.717) is 25.3 Å². The molecule has 0 spiro atoms. The summed E-state index contributed by atoms with van der Waals surface area (Å²) < 4.78 is 5.89. The van der Waals surface area contributed by atoms with E-state index in [4.69, 9.17) is 4.74 Å². The summed E-state index contributed by atoms with van der Waals surface area (Å²) in [5.41, 5.74) is 4.11. The Labute approximate surface area is 202 Å². The molecule has 0 aromatic heterocycles. The number of ether oxygens (including phenoxy) is 1. The molecule has 2 amide bonds. The summed E-state index contributed by atoms with van der Waals surface area (Å²) in [4.78, 5) is 28.4. The van der Waals surface area contributed by atoms with E-state index in [1.165, 1.54) is 0 Å². The van der Waals surface area contributed by atoms with Crippen LogP contribution in [0.1, 0.15) is 35.6 Å². The summed E-state index contributed by atoms with van der Waals surface area (Å²) in [6.07, 6.45) is 1.25. The van der Waals surface area contributed by atoms with Gasteiger partial charge < -0.3 is 15.0 Å². The standard InChI is InChI=1S/C29H34N2O3/c1-4-15-30-29(33)27(19-24-11-7-5-8-12-24)31(20-25-13-9-6-10-14-25)28(32)21-34-26-17-22(2)16-23(3)18-26/h5-14,16-18,27H,4,15,19-21H2,1-3H3,(H,30,33)/t27-/m1/s1. The number of rotatable bonds is 11. The zero-order chi connectivity index (χ0) is 24.3. The van der Waals surface area contributed by atoms with Gasteiger partial charge in [-0.3, -0.25) is 9.59 Å². The highest BCUT2D eigenvalue weighted by molar-refractivity contribution is 5.88.